The van der Waals surface area contributed by atoms with Crippen molar-refractivity contribution in [1.82, 2.24) is 4.98 Å². The van der Waals surface area contributed by atoms with E-state index in [-0.39, 0.29) is 5.97 Å². The van der Waals surface area contributed by atoms with Gasteiger partial charge in [0.15, 0.2) is 0 Å². The van der Waals surface area contributed by atoms with Gasteiger partial charge >= 0.3 is 5.97 Å². The summed E-state index contributed by atoms with van der Waals surface area (Å²) in [6.45, 7) is 2.11. The number of thiophene rings is 1. The predicted octanol–water partition coefficient (Wildman–Crippen LogP) is 6.37. The van der Waals surface area contributed by atoms with Crippen LogP contribution in [-0.2, 0) is 4.74 Å². The molecule has 4 rings (SSSR count). The molecule has 0 aliphatic heterocycles. The minimum atomic E-state index is -0.351. The minimum Gasteiger partial charge on any atom is -0.462 e. The van der Waals surface area contributed by atoms with Crippen molar-refractivity contribution in [3.63, 3.8) is 0 Å². The van der Waals surface area contributed by atoms with Gasteiger partial charge in [-0.3, -0.25) is 0 Å². The average molecular weight is 433 g/mol. The number of hydrogen-bond donors (Lipinski definition) is 0. The SMILES string of the molecule is CCOC(=O)c1ccc(-c2ccc(C=C(C#N)c3nc(-c4cccs4)cs3)o2)cc1. The molecule has 148 valence electrons. The summed E-state index contributed by atoms with van der Waals surface area (Å²) in [4.78, 5) is 17.4. The topological polar surface area (TPSA) is 76.1 Å². The molecule has 3 aromatic heterocycles. The summed E-state index contributed by atoms with van der Waals surface area (Å²) in [5.74, 6) is 0.854. The number of carbonyl (C=O) groups excluding carboxylic acids is 1. The number of carbonyl (C=O) groups is 1. The lowest BCUT2D eigenvalue weighted by Crippen LogP contribution is -2.03. The summed E-state index contributed by atoms with van der Waals surface area (Å²) in [7, 11) is 0. The number of nitriles is 1. The van der Waals surface area contributed by atoms with Crippen LogP contribution in [0, 0.1) is 11.3 Å². The number of ether oxygens (including phenoxy) is 1. The van der Waals surface area contributed by atoms with Gasteiger partial charge in [0.1, 0.15) is 22.6 Å². The number of rotatable bonds is 6. The molecule has 4 aromatic rings. The number of hydrogen-bond acceptors (Lipinski definition) is 7. The first-order valence-corrected chi connectivity index (χ1v) is 10.9. The molecule has 0 saturated heterocycles. The number of furan rings is 1. The third-order valence-electron chi connectivity index (χ3n) is 4.22. The van der Waals surface area contributed by atoms with Gasteiger partial charge in [-0.2, -0.15) is 5.26 Å². The third kappa shape index (κ3) is 4.25. The van der Waals surface area contributed by atoms with Gasteiger partial charge in [-0.05, 0) is 42.6 Å². The monoisotopic (exact) mass is 432 g/mol. The van der Waals surface area contributed by atoms with Crippen molar-refractivity contribution < 1.29 is 13.9 Å². The van der Waals surface area contributed by atoms with E-state index >= 15 is 0 Å². The lowest BCUT2D eigenvalue weighted by molar-refractivity contribution is 0.0526. The molecular weight excluding hydrogens is 416 g/mol. The Labute approximate surface area is 181 Å². The maximum atomic E-state index is 11.8. The van der Waals surface area contributed by atoms with Crippen molar-refractivity contribution in [2.45, 2.75) is 6.92 Å². The Morgan fingerprint density at radius 1 is 1.20 bits per heavy atom. The zero-order valence-electron chi connectivity index (χ0n) is 16.0. The normalized spacial score (nSPS) is 11.3. The van der Waals surface area contributed by atoms with Gasteiger partial charge in [0.2, 0.25) is 0 Å². The van der Waals surface area contributed by atoms with E-state index in [1.807, 2.05) is 29.0 Å². The highest BCUT2D eigenvalue weighted by Crippen LogP contribution is 2.30. The highest BCUT2D eigenvalue weighted by atomic mass is 32.1. The number of thiazole rings is 1. The minimum absolute atomic E-state index is 0.337. The fourth-order valence-corrected chi connectivity index (χ4v) is 4.34. The number of esters is 1. The van der Waals surface area contributed by atoms with E-state index < -0.39 is 0 Å². The molecule has 0 unspecified atom stereocenters. The lowest BCUT2D eigenvalue weighted by atomic mass is 10.1. The molecule has 0 saturated carbocycles. The van der Waals surface area contributed by atoms with Crippen LogP contribution in [0.5, 0.6) is 0 Å². The molecule has 0 aliphatic carbocycles. The van der Waals surface area contributed by atoms with Crippen molar-refractivity contribution in [3.05, 3.63) is 75.6 Å². The van der Waals surface area contributed by atoms with Gasteiger partial charge in [0, 0.05) is 17.0 Å². The number of benzene rings is 1. The smallest absolute Gasteiger partial charge is 0.338 e. The molecule has 3 heterocycles. The van der Waals surface area contributed by atoms with Gasteiger partial charge in [-0.15, -0.1) is 22.7 Å². The number of allylic oxidation sites excluding steroid dienone is 1. The summed E-state index contributed by atoms with van der Waals surface area (Å²) in [5.41, 5.74) is 2.63. The van der Waals surface area contributed by atoms with Crippen LogP contribution in [0.1, 0.15) is 28.0 Å². The summed E-state index contributed by atoms with van der Waals surface area (Å²) >= 11 is 3.04. The summed E-state index contributed by atoms with van der Waals surface area (Å²) in [6.07, 6.45) is 1.69. The molecule has 0 amide bonds. The van der Waals surface area contributed by atoms with Crippen molar-refractivity contribution in [2.75, 3.05) is 6.61 Å². The van der Waals surface area contributed by atoms with Gasteiger partial charge in [0.25, 0.3) is 0 Å². The van der Waals surface area contributed by atoms with E-state index in [1.165, 1.54) is 11.3 Å². The Balaban J connectivity index is 1.55. The zero-order valence-corrected chi connectivity index (χ0v) is 17.6. The average Bonchev–Trinajstić information content (AvgIpc) is 3.54. The molecule has 0 fully saturated rings. The van der Waals surface area contributed by atoms with E-state index in [4.69, 9.17) is 9.15 Å². The van der Waals surface area contributed by atoms with E-state index in [0.29, 0.717) is 34.3 Å². The maximum absolute atomic E-state index is 11.8. The van der Waals surface area contributed by atoms with E-state index in [1.54, 1.807) is 54.7 Å². The Bertz CT molecular complexity index is 1230. The molecule has 0 N–H and O–H groups in total. The van der Waals surface area contributed by atoms with Crippen LogP contribution in [0.4, 0.5) is 0 Å². The zero-order chi connectivity index (χ0) is 20.9. The molecule has 7 heteroatoms. The van der Waals surface area contributed by atoms with Crippen LogP contribution in [0.2, 0.25) is 0 Å². The maximum Gasteiger partial charge on any atom is 0.338 e. The highest BCUT2D eigenvalue weighted by Gasteiger charge is 2.12. The van der Waals surface area contributed by atoms with Crippen molar-refractivity contribution >= 4 is 40.3 Å². The van der Waals surface area contributed by atoms with Gasteiger partial charge in [-0.1, -0.05) is 18.2 Å². The first kappa shape index (κ1) is 19.8. The van der Waals surface area contributed by atoms with Crippen LogP contribution in [0.3, 0.4) is 0 Å². The molecule has 0 spiro atoms. The largest absolute Gasteiger partial charge is 0.462 e. The second kappa shape index (κ2) is 8.91. The van der Waals surface area contributed by atoms with E-state index in [9.17, 15) is 10.1 Å². The third-order valence-corrected chi connectivity index (χ3v) is 5.99. The predicted molar refractivity (Wildman–Crippen MR) is 119 cm³/mol. The number of nitrogens with zero attached hydrogens (tertiary/aromatic N) is 2. The summed E-state index contributed by atoms with van der Waals surface area (Å²) in [5, 5.41) is 14.2. The molecule has 0 atom stereocenters. The van der Waals surface area contributed by atoms with Crippen molar-refractivity contribution in [1.29, 1.82) is 5.26 Å². The fourth-order valence-electron chi connectivity index (χ4n) is 2.79. The van der Waals surface area contributed by atoms with Gasteiger partial charge < -0.3 is 9.15 Å². The van der Waals surface area contributed by atoms with E-state index in [2.05, 4.69) is 11.1 Å². The van der Waals surface area contributed by atoms with E-state index in [0.717, 1.165) is 16.1 Å². The standard InChI is InChI=1S/C23H16N2O3S2/c1-2-27-23(26)16-7-5-15(6-8-16)20-10-9-18(28-20)12-17(13-24)22-25-19(14-30-22)21-4-3-11-29-21/h3-12,14H,2H2,1H3. The molecule has 0 bridgehead atoms. The first-order chi connectivity index (χ1) is 14.7. The number of aromatic nitrogens is 1. The lowest BCUT2D eigenvalue weighted by Gasteiger charge is -2.02. The molecule has 1 aromatic carbocycles. The van der Waals surface area contributed by atoms with Gasteiger partial charge in [-0.25, -0.2) is 9.78 Å². The van der Waals surface area contributed by atoms with Crippen LogP contribution in [0.15, 0.2) is 63.7 Å². The highest BCUT2D eigenvalue weighted by molar-refractivity contribution is 7.14. The molecule has 0 aliphatic rings. The molecular formula is C23H16N2O3S2. The molecule has 30 heavy (non-hydrogen) atoms. The van der Waals surface area contributed by atoms with Crippen LogP contribution < -0.4 is 0 Å². The molecule has 0 radical (unpaired) electrons. The second-order valence-corrected chi connectivity index (χ2v) is 7.99. The van der Waals surface area contributed by atoms with Crippen molar-refractivity contribution in [2.24, 2.45) is 0 Å². The fraction of sp³-hybridized carbons (Fsp3) is 0.0870. The Kier molecular flexibility index (Phi) is 5.89. The second-order valence-electron chi connectivity index (χ2n) is 6.18. The van der Waals surface area contributed by atoms with Crippen LogP contribution in [-0.4, -0.2) is 17.6 Å². The van der Waals surface area contributed by atoms with Crippen LogP contribution >= 0.6 is 22.7 Å². The van der Waals surface area contributed by atoms with Crippen molar-refractivity contribution in [3.8, 4) is 28.0 Å². The summed E-state index contributed by atoms with van der Waals surface area (Å²) in [6, 6.07) is 16.8. The summed E-state index contributed by atoms with van der Waals surface area (Å²) < 4.78 is 10.9. The Morgan fingerprint density at radius 3 is 2.73 bits per heavy atom. The van der Waals surface area contributed by atoms with Crippen LogP contribution in [0.25, 0.3) is 33.5 Å². The molecule has 5 nitrogen and oxygen atoms in total. The quantitative estimate of drug-likeness (QED) is 0.261. The Morgan fingerprint density at radius 2 is 2.03 bits per heavy atom. The Hall–Kier alpha value is -3.47. The van der Waals surface area contributed by atoms with Gasteiger partial charge in [0.05, 0.1) is 28.3 Å². The first-order valence-electron chi connectivity index (χ1n) is 9.17.